The van der Waals surface area contributed by atoms with Gasteiger partial charge in [0.25, 0.3) is 0 Å². The van der Waals surface area contributed by atoms with E-state index in [1.165, 1.54) is 5.56 Å². The van der Waals surface area contributed by atoms with Gasteiger partial charge < -0.3 is 10.1 Å². The van der Waals surface area contributed by atoms with Crippen molar-refractivity contribution in [2.45, 2.75) is 18.4 Å². The number of hydrogen-bond donors (Lipinski definition) is 1. The minimum atomic E-state index is 0.676. The van der Waals surface area contributed by atoms with Crippen molar-refractivity contribution in [3.05, 3.63) is 35.5 Å². The second-order valence-corrected chi connectivity index (χ2v) is 5.51. The van der Waals surface area contributed by atoms with Gasteiger partial charge in [-0.05, 0) is 31.2 Å². The van der Waals surface area contributed by atoms with E-state index in [1.807, 2.05) is 50.0 Å². The molecule has 0 spiro atoms. The zero-order valence-electron chi connectivity index (χ0n) is 11.6. The molecule has 3 rings (SSSR count). The Hall–Kier alpha value is -1.75. The van der Waals surface area contributed by atoms with Crippen LogP contribution >= 0.6 is 11.8 Å². The van der Waals surface area contributed by atoms with E-state index in [2.05, 4.69) is 10.3 Å². The van der Waals surface area contributed by atoms with Gasteiger partial charge >= 0.3 is 0 Å². The number of nitrogens with one attached hydrogen (secondary N) is 1. The lowest BCUT2D eigenvalue weighted by Crippen LogP contribution is -2.03. The van der Waals surface area contributed by atoms with Gasteiger partial charge in [-0.2, -0.15) is 11.8 Å². The van der Waals surface area contributed by atoms with E-state index in [0.29, 0.717) is 6.61 Å². The summed E-state index contributed by atoms with van der Waals surface area (Å²) >= 11 is 1.88. The minimum absolute atomic E-state index is 0.676. The van der Waals surface area contributed by atoms with E-state index in [1.54, 1.807) is 0 Å². The van der Waals surface area contributed by atoms with E-state index >= 15 is 0 Å². The summed E-state index contributed by atoms with van der Waals surface area (Å²) in [6.07, 6.45) is 0. The van der Waals surface area contributed by atoms with Gasteiger partial charge in [0.05, 0.1) is 12.3 Å². The monoisotopic (exact) mass is 287 g/mol. The Balaban J connectivity index is 1.97. The van der Waals surface area contributed by atoms with E-state index in [-0.39, 0.29) is 0 Å². The van der Waals surface area contributed by atoms with Crippen LogP contribution in [-0.4, -0.2) is 23.6 Å². The largest absolute Gasteiger partial charge is 0.494 e. The molecule has 1 aromatic carbocycles. The van der Waals surface area contributed by atoms with Gasteiger partial charge in [0.2, 0.25) is 0 Å². The maximum atomic E-state index is 5.46. The third kappa shape index (κ3) is 2.45. The minimum Gasteiger partial charge on any atom is -0.494 e. The third-order valence-corrected chi connectivity index (χ3v) is 4.21. The molecular formula is C15H17N3OS. The average molecular weight is 287 g/mol. The van der Waals surface area contributed by atoms with Crippen LogP contribution in [0.4, 0.5) is 5.82 Å². The second kappa shape index (κ2) is 5.71. The first kappa shape index (κ1) is 13.2. The average Bonchev–Trinajstić information content (AvgIpc) is 2.95. The number of anilines is 1. The zero-order valence-corrected chi connectivity index (χ0v) is 12.5. The third-order valence-electron chi connectivity index (χ3n) is 3.24. The zero-order chi connectivity index (χ0) is 13.9. The standard InChI is InChI=1S/C15H17N3OS/c1-3-19-11-6-4-10(5-7-11)14-17-13-9-20-8-12(13)15(16-2)18-14/h4-7H,3,8-9H2,1-2H3,(H,16,17,18). The fourth-order valence-electron chi connectivity index (χ4n) is 2.25. The lowest BCUT2D eigenvalue weighted by atomic mass is 10.2. The van der Waals surface area contributed by atoms with E-state index < -0.39 is 0 Å². The number of rotatable bonds is 4. The lowest BCUT2D eigenvalue weighted by molar-refractivity contribution is 0.340. The molecule has 0 unspecified atom stereocenters. The molecule has 5 heteroatoms. The molecule has 0 atom stereocenters. The molecule has 0 aliphatic carbocycles. The summed E-state index contributed by atoms with van der Waals surface area (Å²) < 4.78 is 5.46. The van der Waals surface area contributed by atoms with E-state index in [4.69, 9.17) is 9.72 Å². The van der Waals surface area contributed by atoms with Crippen molar-refractivity contribution in [2.24, 2.45) is 0 Å². The summed E-state index contributed by atoms with van der Waals surface area (Å²) in [4.78, 5) is 9.33. The molecule has 104 valence electrons. The summed E-state index contributed by atoms with van der Waals surface area (Å²) in [7, 11) is 1.91. The van der Waals surface area contributed by atoms with E-state index in [0.717, 1.165) is 40.2 Å². The first-order chi connectivity index (χ1) is 9.81. The Bertz CT molecular complexity index is 613. The molecule has 1 aliphatic heterocycles. The van der Waals surface area contributed by atoms with Crippen molar-refractivity contribution in [3.63, 3.8) is 0 Å². The van der Waals surface area contributed by atoms with Crippen molar-refractivity contribution in [3.8, 4) is 17.1 Å². The van der Waals surface area contributed by atoms with Crippen LogP contribution in [0.5, 0.6) is 5.75 Å². The first-order valence-electron chi connectivity index (χ1n) is 6.70. The predicted octanol–water partition coefficient (Wildman–Crippen LogP) is 3.33. The molecule has 0 saturated carbocycles. The van der Waals surface area contributed by atoms with Crippen molar-refractivity contribution in [2.75, 3.05) is 19.0 Å². The number of hydrogen-bond acceptors (Lipinski definition) is 5. The summed E-state index contributed by atoms with van der Waals surface area (Å²) in [6, 6.07) is 7.94. The molecule has 0 fully saturated rings. The van der Waals surface area contributed by atoms with Crippen molar-refractivity contribution in [1.82, 2.24) is 9.97 Å². The molecule has 1 aromatic heterocycles. The molecule has 2 heterocycles. The Kier molecular flexibility index (Phi) is 3.78. The lowest BCUT2D eigenvalue weighted by Gasteiger charge is -2.09. The highest BCUT2D eigenvalue weighted by Crippen LogP contribution is 2.34. The number of fused-ring (bicyclic) bond motifs is 1. The topological polar surface area (TPSA) is 47.0 Å². The predicted molar refractivity (Wildman–Crippen MR) is 83.2 cm³/mol. The van der Waals surface area contributed by atoms with Gasteiger partial charge in [-0.15, -0.1) is 0 Å². The van der Waals surface area contributed by atoms with Gasteiger partial charge in [-0.3, -0.25) is 0 Å². The second-order valence-electron chi connectivity index (χ2n) is 4.52. The molecule has 0 radical (unpaired) electrons. The summed E-state index contributed by atoms with van der Waals surface area (Å²) in [5.41, 5.74) is 3.41. The first-order valence-corrected chi connectivity index (χ1v) is 7.85. The smallest absolute Gasteiger partial charge is 0.161 e. The highest BCUT2D eigenvalue weighted by molar-refractivity contribution is 7.98. The molecule has 20 heavy (non-hydrogen) atoms. The molecule has 4 nitrogen and oxygen atoms in total. The number of thioether (sulfide) groups is 1. The summed E-state index contributed by atoms with van der Waals surface area (Å²) in [5.74, 6) is 4.57. The number of aromatic nitrogens is 2. The SMILES string of the molecule is CCOc1ccc(-c2nc3c(c(NC)n2)CSC3)cc1. The van der Waals surface area contributed by atoms with Gasteiger partial charge in [0.1, 0.15) is 11.6 Å². The molecule has 0 bridgehead atoms. The summed E-state index contributed by atoms with van der Waals surface area (Å²) in [5, 5.41) is 3.18. The number of benzene rings is 1. The van der Waals surface area contributed by atoms with Crippen LogP contribution in [0.3, 0.4) is 0 Å². The van der Waals surface area contributed by atoms with E-state index in [9.17, 15) is 0 Å². The molecule has 2 aromatic rings. The Labute approximate surface area is 123 Å². The van der Waals surface area contributed by atoms with Crippen molar-refractivity contribution >= 4 is 17.6 Å². The van der Waals surface area contributed by atoms with Gasteiger partial charge in [-0.25, -0.2) is 9.97 Å². The number of nitrogens with zero attached hydrogens (tertiary/aromatic N) is 2. The molecule has 1 aliphatic rings. The highest BCUT2D eigenvalue weighted by atomic mass is 32.2. The quantitative estimate of drug-likeness (QED) is 0.934. The molecular weight excluding hydrogens is 270 g/mol. The fourth-order valence-corrected chi connectivity index (χ4v) is 3.30. The van der Waals surface area contributed by atoms with Crippen LogP contribution in [0.2, 0.25) is 0 Å². The van der Waals surface area contributed by atoms with Crippen LogP contribution in [0.1, 0.15) is 18.2 Å². The van der Waals surface area contributed by atoms with Crippen LogP contribution in [0.15, 0.2) is 24.3 Å². The van der Waals surface area contributed by atoms with Crippen molar-refractivity contribution < 1.29 is 4.74 Å². The molecule has 1 N–H and O–H groups in total. The van der Waals surface area contributed by atoms with Crippen LogP contribution in [0, 0.1) is 0 Å². The highest BCUT2D eigenvalue weighted by Gasteiger charge is 2.19. The van der Waals surface area contributed by atoms with Gasteiger partial charge in [0, 0.05) is 29.7 Å². The Morgan fingerprint density at radius 3 is 2.70 bits per heavy atom. The number of ether oxygens (including phenoxy) is 1. The normalized spacial score (nSPS) is 13.1. The van der Waals surface area contributed by atoms with Gasteiger partial charge in [-0.1, -0.05) is 0 Å². The van der Waals surface area contributed by atoms with Crippen LogP contribution < -0.4 is 10.1 Å². The van der Waals surface area contributed by atoms with Crippen LogP contribution in [-0.2, 0) is 11.5 Å². The molecule has 0 amide bonds. The van der Waals surface area contributed by atoms with Crippen LogP contribution in [0.25, 0.3) is 11.4 Å². The fraction of sp³-hybridized carbons (Fsp3) is 0.333. The maximum Gasteiger partial charge on any atom is 0.161 e. The maximum absolute atomic E-state index is 5.46. The van der Waals surface area contributed by atoms with Gasteiger partial charge in [0.15, 0.2) is 5.82 Å². The van der Waals surface area contributed by atoms with Crippen molar-refractivity contribution in [1.29, 1.82) is 0 Å². The Morgan fingerprint density at radius 1 is 1.20 bits per heavy atom. The Morgan fingerprint density at radius 2 is 2.00 bits per heavy atom. The molecule has 0 saturated heterocycles. The summed E-state index contributed by atoms with van der Waals surface area (Å²) in [6.45, 7) is 2.66.